The van der Waals surface area contributed by atoms with Crippen LogP contribution in [0.5, 0.6) is 0 Å². The molecule has 0 aliphatic carbocycles. The molecule has 8 heteroatoms. The molecule has 140 valence electrons. The molecule has 2 amide bonds. The fourth-order valence-electron chi connectivity index (χ4n) is 2.80. The number of hydrogen-bond donors (Lipinski definition) is 2. The third kappa shape index (κ3) is 3.38. The number of carbonyl (C=O) groups excluding carboxylic acids is 1. The van der Waals surface area contributed by atoms with Gasteiger partial charge in [0.05, 0.1) is 17.1 Å². The maximum Gasteiger partial charge on any atom is 0.322 e. The highest BCUT2D eigenvalue weighted by Gasteiger charge is 2.22. The van der Waals surface area contributed by atoms with E-state index in [0.717, 1.165) is 6.07 Å². The van der Waals surface area contributed by atoms with Crippen LogP contribution < -0.4 is 10.9 Å². The number of nitrogens with zero attached hydrogens (tertiary/aromatic N) is 1. The van der Waals surface area contributed by atoms with Crippen LogP contribution in [0.15, 0.2) is 47.4 Å². The Bertz CT molecular complexity index is 1080. The van der Waals surface area contributed by atoms with Crippen LogP contribution in [0.1, 0.15) is 18.5 Å². The number of aromatic nitrogens is 1. The normalized spacial score (nSPS) is 12.0. The van der Waals surface area contributed by atoms with E-state index in [4.69, 9.17) is 0 Å². The van der Waals surface area contributed by atoms with Crippen molar-refractivity contribution in [2.75, 3.05) is 12.4 Å². The fourth-order valence-corrected chi connectivity index (χ4v) is 2.80. The van der Waals surface area contributed by atoms with E-state index in [1.54, 1.807) is 13.0 Å². The summed E-state index contributed by atoms with van der Waals surface area (Å²) >= 11 is 0. The van der Waals surface area contributed by atoms with Crippen LogP contribution in [-0.4, -0.2) is 23.0 Å². The summed E-state index contributed by atoms with van der Waals surface area (Å²) in [6.07, 6.45) is 1.35. The first kappa shape index (κ1) is 18.5. The van der Waals surface area contributed by atoms with Gasteiger partial charge < -0.3 is 15.2 Å². The maximum absolute atomic E-state index is 14.1. The Balaban J connectivity index is 1.96. The van der Waals surface area contributed by atoms with E-state index < -0.39 is 40.5 Å². The zero-order valence-electron chi connectivity index (χ0n) is 14.5. The molecular formula is C19H16F3N3O2. The van der Waals surface area contributed by atoms with E-state index in [1.165, 1.54) is 42.4 Å². The highest BCUT2D eigenvalue weighted by Crippen LogP contribution is 2.28. The fraction of sp³-hybridized carbons (Fsp3) is 0.158. The monoisotopic (exact) mass is 375 g/mol. The molecule has 1 unspecified atom stereocenters. The van der Waals surface area contributed by atoms with Gasteiger partial charge in [-0.2, -0.15) is 0 Å². The van der Waals surface area contributed by atoms with Gasteiger partial charge in [-0.1, -0.05) is 18.2 Å². The molecule has 0 aliphatic heterocycles. The minimum atomic E-state index is -1.25. The number of urea groups is 1. The Hall–Kier alpha value is -3.29. The molecule has 27 heavy (non-hydrogen) atoms. The third-order valence-electron chi connectivity index (χ3n) is 4.46. The lowest BCUT2D eigenvalue weighted by atomic mass is 10.0. The van der Waals surface area contributed by atoms with Crippen molar-refractivity contribution in [2.45, 2.75) is 13.0 Å². The first-order valence-corrected chi connectivity index (χ1v) is 8.09. The summed E-state index contributed by atoms with van der Waals surface area (Å²) in [7, 11) is 1.47. The van der Waals surface area contributed by atoms with Gasteiger partial charge in [-0.3, -0.25) is 4.79 Å². The molecule has 0 saturated carbocycles. The summed E-state index contributed by atoms with van der Waals surface area (Å²) in [5, 5.41) is 2.22. The van der Waals surface area contributed by atoms with Gasteiger partial charge in [-0.25, -0.2) is 18.0 Å². The highest BCUT2D eigenvalue weighted by molar-refractivity contribution is 5.91. The molecular weight excluding hydrogens is 359 g/mol. The van der Waals surface area contributed by atoms with Crippen molar-refractivity contribution in [3.8, 4) is 0 Å². The van der Waals surface area contributed by atoms with Gasteiger partial charge in [-0.15, -0.1) is 0 Å². The molecule has 2 N–H and O–H groups in total. The summed E-state index contributed by atoms with van der Waals surface area (Å²) in [6, 6.07) is 6.69. The molecule has 0 saturated heterocycles. The zero-order chi connectivity index (χ0) is 19.7. The Morgan fingerprint density at radius 1 is 1.11 bits per heavy atom. The molecule has 1 aromatic heterocycles. The second kappa shape index (κ2) is 7.14. The summed E-state index contributed by atoms with van der Waals surface area (Å²) in [5.74, 6) is -2.97. The predicted octanol–water partition coefficient (Wildman–Crippen LogP) is 4.17. The molecule has 3 rings (SSSR count). The van der Waals surface area contributed by atoms with Crippen LogP contribution >= 0.6 is 0 Å². The Morgan fingerprint density at radius 2 is 1.81 bits per heavy atom. The molecule has 0 bridgehead atoms. The minimum absolute atomic E-state index is 0.0148. The first-order valence-electron chi connectivity index (χ1n) is 8.09. The molecule has 0 radical (unpaired) electrons. The standard InChI is InChI=1S/C19H16F3N3O2/c1-10(25(2)19(27)24-15-6-4-3-5-13(15)20)12-9-23-18(26)16-11(12)7-8-14(21)17(16)22/h3-10H,1-2H3,(H,23,26)(H,24,27). The average Bonchev–Trinajstić information content (AvgIpc) is 2.65. The van der Waals surface area contributed by atoms with Gasteiger partial charge in [0.15, 0.2) is 11.6 Å². The number of carbonyl (C=O) groups is 1. The number of anilines is 1. The van der Waals surface area contributed by atoms with Gasteiger partial charge in [0.2, 0.25) is 0 Å². The van der Waals surface area contributed by atoms with Crippen LogP contribution in [0.3, 0.4) is 0 Å². The Labute approximate surface area is 152 Å². The molecule has 2 aromatic carbocycles. The molecule has 0 fully saturated rings. The number of rotatable bonds is 3. The predicted molar refractivity (Wildman–Crippen MR) is 96.1 cm³/mol. The van der Waals surface area contributed by atoms with E-state index in [2.05, 4.69) is 10.3 Å². The molecule has 0 aliphatic rings. The molecule has 1 heterocycles. The maximum atomic E-state index is 14.1. The lowest BCUT2D eigenvalue weighted by molar-refractivity contribution is 0.208. The summed E-state index contributed by atoms with van der Waals surface area (Å²) in [6.45, 7) is 1.65. The number of aromatic amines is 1. The van der Waals surface area contributed by atoms with Crippen molar-refractivity contribution in [1.82, 2.24) is 9.88 Å². The van der Waals surface area contributed by atoms with Crippen molar-refractivity contribution in [3.63, 3.8) is 0 Å². The molecule has 5 nitrogen and oxygen atoms in total. The first-order chi connectivity index (χ1) is 12.8. The van der Waals surface area contributed by atoms with Crippen molar-refractivity contribution < 1.29 is 18.0 Å². The summed E-state index contributed by atoms with van der Waals surface area (Å²) in [4.78, 5) is 28.0. The van der Waals surface area contributed by atoms with Gasteiger partial charge in [-0.05, 0) is 36.1 Å². The van der Waals surface area contributed by atoms with Crippen LogP contribution in [-0.2, 0) is 0 Å². The van der Waals surface area contributed by atoms with Crippen molar-refractivity contribution in [2.24, 2.45) is 0 Å². The number of benzene rings is 2. The van der Waals surface area contributed by atoms with E-state index >= 15 is 0 Å². The number of hydrogen-bond acceptors (Lipinski definition) is 2. The van der Waals surface area contributed by atoms with Gasteiger partial charge >= 0.3 is 6.03 Å². The molecule has 0 spiro atoms. The minimum Gasteiger partial charge on any atom is -0.328 e. The lowest BCUT2D eigenvalue weighted by Crippen LogP contribution is -2.34. The van der Waals surface area contributed by atoms with Crippen LogP contribution in [0.4, 0.5) is 23.7 Å². The SMILES string of the molecule is CC(c1c[nH]c(=O)c2c(F)c(F)ccc12)N(C)C(=O)Nc1ccccc1F. The highest BCUT2D eigenvalue weighted by atomic mass is 19.2. The average molecular weight is 375 g/mol. The van der Waals surface area contributed by atoms with Crippen LogP contribution in [0, 0.1) is 17.5 Å². The van der Waals surface area contributed by atoms with Crippen LogP contribution in [0.2, 0.25) is 0 Å². The number of pyridine rings is 1. The Morgan fingerprint density at radius 3 is 2.52 bits per heavy atom. The lowest BCUT2D eigenvalue weighted by Gasteiger charge is -2.26. The quantitative estimate of drug-likeness (QED) is 0.722. The number of para-hydroxylation sites is 1. The number of halogens is 3. The van der Waals surface area contributed by atoms with E-state index in [9.17, 15) is 22.8 Å². The molecule has 1 atom stereocenters. The van der Waals surface area contributed by atoms with Gasteiger partial charge in [0.1, 0.15) is 5.82 Å². The van der Waals surface area contributed by atoms with E-state index in [0.29, 0.717) is 5.56 Å². The zero-order valence-corrected chi connectivity index (χ0v) is 14.5. The van der Waals surface area contributed by atoms with Crippen molar-refractivity contribution in [3.05, 3.63) is 76.0 Å². The van der Waals surface area contributed by atoms with Crippen molar-refractivity contribution >= 4 is 22.5 Å². The van der Waals surface area contributed by atoms with Gasteiger partial charge in [0.25, 0.3) is 5.56 Å². The smallest absolute Gasteiger partial charge is 0.322 e. The number of amides is 2. The number of fused-ring (bicyclic) bond motifs is 1. The topological polar surface area (TPSA) is 65.2 Å². The summed E-state index contributed by atoms with van der Waals surface area (Å²) < 4.78 is 41.3. The second-order valence-corrected chi connectivity index (χ2v) is 6.05. The van der Waals surface area contributed by atoms with Crippen molar-refractivity contribution in [1.29, 1.82) is 0 Å². The molecule has 3 aromatic rings. The largest absolute Gasteiger partial charge is 0.328 e. The van der Waals surface area contributed by atoms with E-state index in [1.807, 2.05) is 0 Å². The van der Waals surface area contributed by atoms with Crippen LogP contribution in [0.25, 0.3) is 10.8 Å². The number of nitrogens with one attached hydrogen (secondary N) is 2. The van der Waals surface area contributed by atoms with E-state index in [-0.39, 0.29) is 11.1 Å². The van der Waals surface area contributed by atoms with Gasteiger partial charge in [0, 0.05) is 13.2 Å². The summed E-state index contributed by atoms with van der Waals surface area (Å²) in [5.41, 5.74) is -0.341. The second-order valence-electron chi connectivity index (χ2n) is 6.05. The third-order valence-corrected chi connectivity index (χ3v) is 4.46. The number of H-pyrrole nitrogens is 1. The Kier molecular flexibility index (Phi) is 4.89.